The summed E-state index contributed by atoms with van der Waals surface area (Å²) in [6.07, 6.45) is 0.656. The van der Waals surface area contributed by atoms with Crippen molar-refractivity contribution in [1.82, 2.24) is 5.32 Å². The number of carbonyl (C=O) groups excluding carboxylic acids is 1. The molecular formula is C15H16BrNO4. The molecule has 0 spiro atoms. The Morgan fingerprint density at radius 2 is 2.14 bits per heavy atom. The summed E-state index contributed by atoms with van der Waals surface area (Å²) in [6.45, 7) is 3.67. The third-order valence-corrected chi connectivity index (χ3v) is 4.11. The minimum Gasteiger partial charge on any atom is -0.480 e. The average molecular weight is 354 g/mol. The fourth-order valence-corrected chi connectivity index (χ4v) is 2.50. The summed E-state index contributed by atoms with van der Waals surface area (Å²) >= 11 is 3.35. The van der Waals surface area contributed by atoms with Crippen LogP contribution < -0.4 is 5.32 Å². The lowest BCUT2D eigenvalue weighted by Crippen LogP contribution is -2.44. The van der Waals surface area contributed by atoms with Gasteiger partial charge >= 0.3 is 5.97 Å². The van der Waals surface area contributed by atoms with Gasteiger partial charge < -0.3 is 14.8 Å². The van der Waals surface area contributed by atoms with Crippen molar-refractivity contribution in [2.75, 3.05) is 0 Å². The summed E-state index contributed by atoms with van der Waals surface area (Å²) in [6, 6.07) is 6.14. The van der Waals surface area contributed by atoms with E-state index in [9.17, 15) is 14.7 Å². The number of para-hydroxylation sites is 1. The quantitative estimate of drug-likeness (QED) is 0.862. The Bertz CT molecular complexity index is 679. The number of nitrogens with one attached hydrogen (secondary N) is 1. The van der Waals surface area contributed by atoms with E-state index in [1.54, 1.807) is 13.0 Å². The van der Waals surface area contributed by atoms with Crippen LogP contribution in [0.25, 0.3) is 11.0 Å². The van der Waals surface area contributed by atoms with Gasteiger partial charge in [-0.2, -0.15) is 0 Å². The molecule has 0 radical (unpaired) electrons. The predicted molar refractivity (Wildman–Crippen MR) is 82.3 cm³/mol. The first-order chi connectivity index (χ1) is 9.93. The number of aliphatic carboxylic acids is 1. The highest BCUT2D eigenvalue weighted by Gasteiger charge is 2.27. The smallest absolute Gasteiger partial charge is 0.326 e. The highest BCUT2D eigenvalue weighted by Crippen LogP contribution is 2.27. The number of carboxylic acid groups (broad SMARTS) is 1. The first kappa shape index (κ1) is 15.6. The molecule has 2 N–H and O–H groups in total. The summed E-state index contributed by atoms with van der Waals surface area (Å²) in [4.78, 5) is 23.4. The number of hydrogen-bond donors (Lipinski definition) is 2. The zero-order chi connectivity index (χ0) is 15.6. The molecule has 2 aromatic rings. The molecule has 21 heavy (non-hydrogen) atoms. The Labute approximate surface area is 130 Å². The molecule has 1 unspecified atom stereocenters. The van der Waals surface area contributed by atoms with Gasteiger partial charge in [0.15, 0.2) is 5.76 Å². The van der Waals surface area contributed by atoms with Gasteiger partial charge in [-0.25, -0.2) is 4.79 Å². The maximum Gasteiger partial charge on any atom is 0.326 e. The molecule has 6 heteroatoms. The highest BCUT2D eigenvalue weighted by molar-refractivity contribution is 9.10. The molecule has 112 valence electrons. The maximum absolute atomic E-state index is 12.2. The molecule has 0 aliphatic heterocycles. The second-order valence-corrected chi connectivity index (χ2v) is 5.80. The summed E-state index contributed by atoms with van der Waals surface area (Å²) in [7, 11) is 0. The van der Waals surface area contributed by atoms with Crippen LogP contribution in [0.5, 0.6) is 0 Å². The number of halogens is 1. The molecule has 1 heterocycles. The average Bonchev–Trinajstić information content (AvgIpc) is 2.89. The molecule has 0 saturated heterocycles. The van der Waals surface area contributed by atoms with Crippen molar-refractivity contribution < 1.29 is 19.1 Å². The molecule has 2 rings (SSSR count). The normalized spacial score (nSPS) is 13.9. The molecule has 0 saturated carbocycles. The lowest BCUT2D eigenvalue weighted by molar-refractivity contribution is -0.140. The van der Waals surface area contributed by atoms with E-state index in [-0.39, 0.29) is 11.7 Å². The lowest BCUT2D eigenvalue weighted by atomic mass is 9.99. The minimum atomic E-state index is -1.05. The van der Waals surface area contributed by atoms with Gasteiger partial charge in [0.05, 0.1) is 4.47 Å². The number of rotatable bonds is 5. The van der Waals surface area contributed by atoms with Crippen molar-refractivity contribution in [1.29, 1.82) is 0 Å². The van der Waals surface area contributed by atoms with Crippen LogP contribution in [-0.4, -0.2) is 23.0 Å². The van der Waals surface area contributed by atoms with E-state index in [0.29, 0.717) is 12.0 Å². The van der Waals surface area contributed by atoms with Crippen LogP contribution in [0.1, 0.15) is 30.8 Å². The van der Waals surface area contributed by atoms with Crippen molar-refractivity contribution in [3.8, 4) is 0 Å². The second-order valence-electron chi connectivity index (χ2n) is 4.94. The number of carboxylic acids is 1. The molecule has 1 aromatic heterocycles. The lowest BCUT2D eigenvalue weighted by Gasteiger charge is -2.19. The fraction of sp³-hybridized carbons (Fsp3) is 0.333. The van der Waals surface area contributed by atoms with E-state index in [1.807, 2.05) is 25.1 Å². The summed E-state index contributed by atoms with van der Waals surface area (Å²) in [5.74, 6) is -1.63. The van der Waals surface area contributed by atoms with Crippen LogP contribution in [0.3, 0.4) is 0 Å². The van der Waals surface area contributed by atoms with Crippen LogP contribution in [-0.2, 0) is 4.79 Å². The number of carbonyl (C=O) groups is 2. The van der Waals surface area contributed by atoms with Crippen molar-refractivity contribution in [3.05, 3.63) is 34.5 Å². The van der Waals surface area contributed by atoms with Crippen LogP contribution in [0.4, 0.5) is 0 Å². The molecule has 0 aliphatic carbocycles. The van der Waals surface area contributed by atoms with E-state index in [2.05, 4.69) is 21.2 Å². The molecular weight excluding hydrogens is 338 g/mol. The molecule has 1 aromatic carbocycles. The molecule has 5 nitrogen and oxygen atoms in total. The van der Waals surface area contributed by atoms with Crippen LogP contribution in [0.2, 0.25) is 0 Å². The summed E-state index contributed by atoms with van der Waals surface area (Å²) in [5, 5.41) is 12.5. The van der Waals surface area contributed by atoms with E-state index < -0.39 is 17.9 Å². The zero-order valence-corrected chi connectivity index (χ0v) is 13.3. The van der Waals surface area contributed by atoms with E-state index in [0.717, 1.165) is 9.86 Å². The predicted octanol–water partition coefficient (Wildman–Crippen LogP) is 3.42. The number of benzene rings is 1. The topological polar surface area (TPSA) is 79.5 Å². The van der Waals surface area contributed by atoms with Crippen LogP contribution in [0.15, 0.2) is 33.2 Å². The Hall–Kier alpha value is -1.82. The largest absolute Gasteiger partial charge is 0.480 e. The first-order valence-electron chi connectivity index (χ1n) is 6.65. The second kappa shape index (κ2) is 6.30. The van der Waals surface area contributed by atoms with E-state index >= 15 is 0 Å². The van der Waals surface area contributed by atoms with Crippen LogP contribution >= 0.6 is 15.9 Å². The molecule has 1 amide bonds. The Balaban J connectivity index is 2.25. The standard InChI is InChI=1S/C15H16BrNO4/c1-3-8(2)12(15(19)20)17-14(18)11-7-9-5-4-6-10(16)13(9)21-11/h4-8,12H,3H2,1-2H3,(H,17,18)(H,19,20)/t8?,12-/m0/s1. The van der Waals surface area contributed by atoms with Gasteiger partial charge in [0.2, 0.25) is 0 Å². The summed E-state index contributed by atoms with van der Waals surface area (Å²) in [5.41, 5.74) is 0.568. The van der Waals surface area contributed by atoms with Crippen LogP contribution in [0, 0.1) is 5.92 Å². The van der Waals surface area contributed by atoms with Gasteiger partial charge in [0, 0.05) is 5.39 Å². The van der Waals surface area contributed by atoms with Gasteiger partial charge in [0.1, 0.15) is 11.6 Å². The number of furan rings is 1. The van der Waals surface area contributed by atoms with Gasteiger partial charge in [-0.3, -0.25) is 4.79 Å². The Morgan fingerprint density at radius 1 is 1.43 bits per heavy atom. The van der Waals surface area contributed by atoms with Gasteiger partial charge in [0.25, 0.3) is 5.91 Å². The number of amides is 1. The van der Waals surface area contributed by atoms with Crippen molar-refractivity contribution >= 4 is 38.8 Å². The summed E-state index contributed by atoms with van der Waals surface area (Å²) < 4.78 is 6.25. The van der Waals surface area contributed by atoms with Gasteiger partial charge in [-0.1, -0.05) is 32.4 Å². The van der Waals surface area contributed by atoms with Crippen molar-refractivity contribution in [2.45, 2.75) is 26.3 Å². The Kier molecular flexibility index (Phi) is 4.67. The zero-order valence-electron chi connectivity index (χ0n) is 11.7. The molecule has 0 fully saturated rings. The van der Waals surface area contributed by atoms with Crippen molar-refractivity contribution in [2.24, 2.45) is 5.92 Å². The first-order valence-corrected chi connectivity index (χ1v) is 7.45. The molecule has 0 bridgehead atoms. The maximum atomic E-state index is 12.2. The van der Waals surface area contributed by atoms with E-state index in [4.69, 9.17) is 4.42 Å². The minimum absolute atomic E-state index is 0.103. The van der Waals surface area contributed by atoms with Gasteiger partial charge in [-0.15, -0.1) is 0 Å². The van der Waals surface area contributed by atoms with Gasteiger partial charge in [-0.05, 0) is 34.0 Å². The number of fused-ring (bicyclic) bond motifs is 1. The third-order valence-electron chi connectivity index (χ3n) is 3.49. The molecule has 0 aliphatic rings. The number of hydrogen-bond acceptors (Lipinski definition) is 3. The highest BCUT2D eigenvalue weighted by atomic mass is 79.9. The monoisotopic (exact) mass is 353 g/mol. The fourth-order valence-electron chi connectivity index (χ4n) is 2.03. The third kappa shape index (κ3) is 3.26. The van der Waals surface area contributed by atoms with E-state index in [1.165, 1.54) is 0 Å². The Morgan fingerprint density at radius 3 is 2.71 bits per heavy atom. The molecule has 2 atom stereocenters. The van der Waals surface area contributed by atoms with Crippen molar-refractivity contribution in [3.63, 3.8) is 0 Å². The SMILES string of the molecule is CCC(C)[C@H](NC(=O)c1cc2cccc(Br)c2o1)C(=O)O.